The van der Waals surface area contributed by atoms with Crippen LogP contribution in [0, 0.1) is 13.8 Å². The lowest BCUT2D eigenvalue weighted by molar-refractivity contribution is 0.102. The highest BCUT2D eigenvalue weighted by molar-refractivity contribution is 9.10. The average molecular weight is 481 g/mol. The third-order valence-electron chi connectivity index (χ3n) is 5.93. The first-order chi connectivity index (χ1) is 15.0. The van der Waals surface area contributed by atoms with E-state index >= 15 is 0 Å². The van der Waals surface area contributed by atoms with Gasteiger partial charge in [-0.3, -0.25) is 14.4 Å². The number of carbonyl (C=O) groups is 1. The monoisotopic (exact) mass is 480 g/mol. The predicted octanol–water partition coefficient (Wildman–Crippen LogP) is 5.55. The normalized spacial score (nSPS) is 14.5. The van der Waals surface area contributed by atoms with Crippen LogP contribution in [0.2, 0.25) is 0 Å². The zero-order valence-electron chi connectivity index (χ0n) is 18.2. The van der Waals surface area contributed by atoms with Gasteiger partial charge in [0.25, 0.3) is 5.91 Å². The lowest BCUT2D eigenvalue weighted by Gasteiger charge is -2.26. The topological polar surface area (TPSA) is 50.2 Å². The molecule has 2 heterocycles. The summed E-state index contributed by atoms with van der Waals surface area (Å²) in [6, 6.07) is 16.1. The second-order valence-electron chi connectivity index (χ2n) is 8.39. The van der Waals surface area contributed by atoms with Crippen LogP contribution in [-0.2, 0) is 13.1 Å². The number of amides is 1. The molecule has 1 amide bonds. The van der Waals surface area contributed by atoms with Crippen molar-refractivity contribution in [2.75, 3.05) is 18.4 Å². The minimum atomic E-state index is -0.132. The first-order valence-corrected chi connectivity index (χ1v) is 11.7. The van der Waals surface area contributed by atoms with Crippen LogP contribution < -0.4 is 5.32 Å². The molecule has 1 saturated heterocycles. The van der Waals surface area contributed by atoms with Gasteiger partial charge in [0.05, 0.1) is 6.54 Å². The van der Waals surface area contributed by atoms with Crippen LogP contribution in [0.3, 0.4) is 0 Å². The smallest absolute Gasteiger partial charge is 0.256 e. The lowest BCUT2D eigenvalue weighted by atomic mass is 10.1. The van der Waals surface area contributed by atoms with Crippen molar-refractivity contribution in [3.63, 3.8) is 0 Å². The van der Waals surface area contributed by atoms with Crippen molar-refractivity contribution in [2.45, 2.75) is 46.2 Å². The van der Waals surface area contributed by atoms with Crippen molar-refractivity contribution in [1.29, 1.82) is 0 Å². The van der Waals surface area contributed by atoms with Gasteiger partial charge in [-0.25, -0.2) is 0 Å². The van der Waals surface area contributed by atoms with Crippen LogP contribution >= 0.6 is 15.9 Å². The predicted molar refractivity (Wildman–Crippen MR) is 128 cm³/mol. The molecular weight excluding hydrogens is 452 g/mol. The molecule has 6 heteroatoms. The van der Waals surface area contributed by atoms with Gasteiger partial charge < -0.3 is 5.32 Å². The van der Waals surface area contributed by atoms with Gasteiger partial charge in [-0.1, -0.05) is 40.5 Å². The van der Waals surface area contributed by atoms with E-state index in [0.717, 1.165) is 16.7 Å². The molecule has 1 N–H and O–H groups in total. The van der Waals surface area contributed by atoms with E-state index < -0.39 is 0 Å². The molecule has 4 rings (SSSR count). The summed E-state index contributed by atoms with van der Waals surface area (Å²) >= 11 is 3.54. The maximum absolute atomic E-state index is 12.7. The summed E-state index contributed by atoms with van der Waals surface area (Å²) in [4.78, 5) is 15.2. The number of rotatable bonds is 6. The summed E-state index contributed by atoms with van der Waals surface area (Å²) in [5.74, 6) is 0.445. The minimum Gasteiger partial charge on any atom is -0.305 e. The Balaban J connectivity index is 1.39. The number of aryl methyl sites for hydroxylation is 2. The standard InChI is InChI=1S/C25H29BrN4O/c1-18-6-11-23(26)15-22(18)17-30-19(2)14-24(28-30)27-25(31)21-9-7-20(8-10-21)16-29-12-4-3-5-13-29/h6-11,14-15H,3-5,12-13,16-17H2,1-2H3,(H,27,28,31). The average Bonchev–Trinajstić information content (AvgIpc) is 3.10. The highest BCUT2D eigenvalue weighted by Crippen LogP contribution is 2.19. The third kappa shape index (κ3) is 5.63. The van der Waals surface area contributed by atoms with Gasteiger partial charge in [0.2, 0.25) is 0 Å². The summed E-state index contributed by atoms with van der Waals surface area (Å²) in [5, 5.41) is 7.54. The van der Waals surface area contributed by atoms with Crippen molar-refractivity contribution in [1.82, 2.24) is 14.7 Å². The molecule has 0 unspecified atom stereocenters. The number of anilines is 1. The van der Waals surface area contributed by atoms with Gasteiger partial charge in [-0.2, -0.15) is 5.10 Å². The second-order valence-corrected chi connectivity index (χ2v) is 9.30. The molecule has 1 aromatic heterocycles. The number of hydrogen-bond donors (Lipinski definition) is 1. The summed E-state index contributed by atoms with van der Waals surface area (Å²) < 4.78 is 2.97. The van der Waals surface area contributed by atoms with Crippen LogP contribution in [0.25, 0.3) is 0 Å². The summed E-state index contributed by atoms with van der Waals surface area (Å²) in [6.45, 7) is 8.07. The fourth-order valence-electron chi connectivity index (χ4n) is 4.03. The number of nitrogens with one attached hydrogen (secondary N) is 1. The summed E-state index contributed by atoms with van der Waals surface area (Å²) in [5.41, 5.74) is 5.32. The van der Waals surface area contributed by atoms with Crippen molar-refractivity contribution in [3.8, 4) is 0 Å². The number of carbonyl (C=O) groups excluding carboxylic acids is 1. The summed E-state index contributed by atoms with van der Waals surface area (Å²) in [6.07, 6.45) is 3.91. The Morgan fingerprint density at radius 3 is 2.48 bits per heavy atom. The van der Waals surface area contributed by atoms with E-state index in [1.54, 1.807) is 0 Å². The Morgan fingerprint density at radius 1 is 1.00 bits per heavy atom. The van der Waals surface area contributed by atoms with Crippen LogP contribution in [0.1, 0.15) is 52.0 Å². The highest BCUT2D eigenvalue weighted by Gasteiger charge is 2.13. The largest absolute Gasteiger partial charge is 0.305 e. The Bertz CT molecular complexity index is 1050. The molecule has 31 heavy (non-hydrogen) atoms. The van der Waals surface area contributed by atoms with E-state index in [2.05, 4.69) is 62.4 Å². The fourth-order valence-corrected chi connectivity index (χ4v) is 4.44. The quantitative estimate of drug-likeness (QED) is 0.503. The highest BCUT2D eigenvalue weighted by atomic mass is 79.9. The lowest BCUT2D eigenvalue weighted by Crippen LogP contribution is -2.29. The number of likely N-dealkylation sites (tertiary alicyclic amines) is 1. The van der Waals surface area contributed by atoms with Gasteiger partial charge in [0.15, 0.2) is 5.82 Å². The first-order valence-electron chi connectivity index (χ1n) is 10.9. The van der Waals surface area contributed by atoms with Crippen LogP contribution in [0.4, 0.5) is 5.82 Å². The molecule has 0 aliphatic carbocycles. The molecule has 0 saturated carbocycles. The maximum Gasteiger partial charge on any atom is 0.256 e. The van der Waals surface area contributed by atoms with Gasteiger partial charge in [0.1, 0.15) is 0 Å². The molecular formula is C25H29BrN4O. The Labute approximate surface area is 192 Å². The number of benzene rings is 2. The number of hydrogen-bond acceptors (Lipinski definition) is 3. The molecule has 162 valence electrons. The van der Waals surface area contributed by atoms with Crippen molar-refractivity contribution in [2.24, 2.45) is 0 Å². The number of aromatic nitrogens is 2. The van der Waals surface area contributed by atoms with Gasteiger partial charge >= 0.3 is 0 Å². The van der Waals surface area contributed by atoms with Crippen molar-refractivity contribution >= 4 is 27.7 Å². The molecule has 0 bridgehead atoms. The van der Waals surface area contributed by atoms with Gasteiger partial charge in [0, 0.05) is 28.3 Å². The Hall–Kier alpha value is -2.44. The zero-order chi connectivity index (χ0) is 21.8. The number of halogens is 1. The molecule has 2 aromatic carbocycles. The van der Waals surface area contributed by atoms with E-state index in [1.807, 2.05) is 35.9 Å². The molecule has 5 nitrogen and oxygen atoms in total. The number of piperidine rings is 1. The molecule has 1 aliphatic heterocycles. The first kappa shape index (κ1) is 21.8. The molecule has 3 aromatic rings. The Kier molecular flexibility index (Phi) is 6.88. The second kappa shape index (κ2) is 9.79. The van der Waals surface area contributed by atoms with Crippen LogP contribution in [-0.4, -0.2) is 33.7 Å². The fraction of sp³-hybridized carbons (Fsp3) is 0.360. The van der Waals surface area contributed by atoms with Crippen LogP contribution in [0.15, 0.2) is 53.0 Å². The van der Waals surface area contributed by atoms with E-state index in [0.29, 0.717) is 17.9 Å². The van der Waals surface area contributed by atoms with E-state index in [9.17, 15) is 4.79 Å². The minimum absolute atomic E-state index is 0.132. The number of nitrogens with zero attached hydrogens (tertiary/aromatic N) is 3. The van der Waals surface area contributed by atoms with Gasteiger partial charge in [-0.15, -0.1) is 0 Å². The molecule has 0 spiro atoms. The molecule has 1 aliphatic rings. The van der Waals surface area contributed by atoms with Crippen molar-refractivity contribution < 1.29 is 4.79 Å². The SMILES string of the molecule is Cc1ccc(Br)cc1Cn1nc(NC(=O)c2ccc(CN3CCCCC3)cc2)cc1C. The molecule has 1 fully saturated rings. The Morgan fingerprint density at radius 2 is 1.74 bits per heavy atom. The van der Waals surface area contributed by atoms with Gasteiger partial charge in [-0.05, 0) is 80.7 Å². The summed E-state index contributed by atoms with van der Waals surface area (Å²) in [7, 11) is 0. The third-order valence-corrected chi connectivity index (χ3v) is 6.42. The van der Waals surface area contributed by atoms with E-state index in [4.69, 9.17) is 0 Å². The molecule has 0 atom stereocenters. The van der Waals surface area contributed by atoms with E-state index in [1.165, 1.54) is 49.0 Å². The van der Waals surface area contributed by atoms with Crippen molar-refractivity contribution in [3.05, 3.63) is 81.0 Å². The van der Waals surface area contributed by atoms with Crippen LogP contribution in [0.5, 0.6) is 0 Å². The maximum atomic E-state index is 12.7. The van der Waals surface area contributed by atoms with E-state index in [-0.39, 0.29) is 5.91 Å². The zero-order valence-corrected chi connectivity index (χ0v) is 19.8. The molecule has 0 radical (unpaired) electrons.